The molecule has 2 N–H and O–H groups in total. The van der Waals surface area contributed by atoms with E-state index in [2.05, 4.69) is 19.8 Å². The van der Waals surface area contributed by atoms with Crippen LogP contribution in [0.5, 0.6) is 0 Å². The molecule has 11 heteroatoms. The minimum Gasteiger partial charge on any atom is -0.367 e. The Kier molecular flexibility index (Phi) is 6.91. The molecule has 3 heterocycles. The summed E-state index contributed by atoms with van der Waals surface area (Å²) in [6.07, 6.45) is 1.56. The maximum atomic E-state index is 13.0. The predicted molar refractivity (Wildman–Crippen MR) is 143 cm³/mol. The number of nitrogens with zero attached hydrogens (tertiary/aromatic N) is 3. The summed E-state index contributed by atoms with van der Waals surface area (Å²) in [4.78, 5) is 22.1. The SMILES string of the molecule is Cc1c(S(=O)(=O)N(Cl)CCCCN2CCN(c3cccc4[nH]c(=O)[nH]c34)CC2)sc2ccccc12. The number of H-pyrrole nitrogens is 2. The molecule has 0 unspecified atom stereocenters. The van der Waals surface area contributed by atoms with Crippen molar-refractivity contribution in [3.63, 3.8) is 0 Å². The summed E-state index contributed by atoms with van der Waals surface area (Å²) in [6.45, 7) is 6.57. The zero-order chi connectivity index (χ0) is 24.6. The number of hydrogen-bond acceptors (Lipinski definition) is 6. The fourth-order valence-corrected chi connectivity index (χ4v) is 8.09. The van der Waals surface area contributed by atoms with Gasteiger partial charge in [0.2, 0.25) is 0 Å². The molecule has 1 aliphatic rings. The van der Waals surface area contributed by atoms with Gasteiger partial charge in [-0.1, -0.05) is 24.3 Å². The van der Waals surface area contributed by atoms with Gasteiger partial charge >= 0.3 is 5.69 Å². The van der Waals surface area contributed by atoms with Crippen molar-refractivity contribution in [3.05, 3.63) is 58.5 Å². The number of aromatic amines is 2. The molecular formula is C24H28ClN5O3S2. The molecule has 0 atom stereocenters. The Balaban J connectivity index is 1.11. The van der Waals surface area contributed by atoms with Crippen molar-refractivity contribution < 1.29 is 8.42 Å². The number of rotatable bonds is 8. The normalized spacial score (nSPS) is 15.6. The Bertz CT molecular complexity index is 1500. The number of unbranched alkanes of at least 4 members (excludes halogenated alkanes) is 1. The molecule has 2 aromatic carbocycles. The standard InChI is InChI=1S/C24H28ClN5O3S2/c1-17-18-7-2-3-10-21(18)34-23(17)35(32,33)30(25)12-5-4-11-28-13-15-29(16-14-28)20-9-6-8-19-22(20)27-24(31)26-19/h2-3,6-10H,4-5,11-16H2,1H3,(H2,26,27,31). The molecule has 35 heavy (non-hydrogen) atoms. The predicted octanol–water partition coefficient (Wildman–Crippen LogP) is 4.13. The third-order valence-electron chi connectivity index (χ3n) is 6.60. The van der Waals surface area contributed by atoms with E-state index in [4.69, 9.17) is 11.8 Å². The minimum atomic E-state index is -3.72. The van der Waals surface area contributed by atoms with Crippen molar-refractivity contribution in [2.24, 2.45) is 0 Å². The van der Waals surface area contributed by atoms with Crippen LogP contribution in [0.3, 0.4) is 0 Å². The molecule has 0 radical (unpaired) electrons. The van der Waals surface area contributed by atoms with Crippen LogP contribution in [0.15, 0.2) is 51.5 Å². The largest absolute Gasteiger partial charge is 0.367 e. The average Bonchev–Trinajstić information content (AvgIpc) is 3.41. The van der Waals surface area contributed by atoms with E-state index in [1.54, 1.807) is 0 Å². The summed E-state index contributed by atoms with van der Waals surface area (Å²) in [6, 6.07) is 13.6. The zero-order valence-corrected chi connectivity index (χ0v) is 21.8. The van der Waals surface area contributed by atoms with Crippen LogP contribution >= 0.6 is 23.1 Å². The van der Waals surface area contributed by atoms with Gasteiger partial charge in [-0.15, -0.1) is 15.2 Å². The number of sulfonamides is 1. The quantitative estimate of drug-likeness (QED) is 0.262. The molecule has 1 saturated heterocycles. The van der Waals surface area contributed by atoms with Crippen LogP contribution in [0, 0.1) is 6.92 Å². The Morgan fingerprint density at radius 2 is 1.80 bits per heavy atom. The molecule has 186 valence electrons. The van der Waals surface area contributed by atoms with E-state index in [1.807, 2.05) is 49.4 Å². The number of benzene rings is 2. The lowest BCUT2D eigenvalue weighted by molar-refractivity contribution is 0.252. The molecule has 4 aromatic rings. The van der Waals surface area contributed by atoms with Crippen LogP contribution in [0.2, 0.25) is 0 Å². The van der Waals surface area contributed by atoms with Crippen LogP contribution in [0.1, 0.15) is 18.4 Å². The molecule has 1 aliphatic heterocycles. The fourth-order valence-electron chi connectivity index (χ4n) is 4.70. The van der Waals surface area contributed by atoms with Gasteiger partial charge < -0.3 is 14.9 Å². The second-order valence-corrected chi connectivity index (χ2v) is 12.6. The molecule has 2 aromatic heterocycles. The van der Waals surface area contributed by atoms with Crippen molar-refractivity contribution in [1.82, 2.24) is 18.7 Å². The third kappa shape index (κ3) is 4.85. The number of hydrogen-bond donors (Lipinski definition) is 2. The van der Waals surface area contributed by atoms with Crippen molar-refractivity contribution in [2.45, 2.75) is 24.0 Å². The molecular weight excluding hydrogens is 506 g/mol. The van der Waals surface area contributed by atoms with Gasteiger partial charge in [-0.3, -0.25) is 4.90 Å². The van der Waals surface area contributed by atoms with E-state index in [9.17, 15) is 13.2 Å². The number of fused-ring (bicyclic) bond motifs is 2. The second-order valence-electron chi connectivity index (χ2n) is 8.84. The molecule has 0 aliphatic carbocycles. The van der Waals surface area contributed by atoms with Crippen LogP contribution in [-0.2, 0) is 10.0 Å². The zero-order valence-electron chi connectivity index (χ0n) is 19.5. The van der Waals surface area contributed by atoms with Gasteiger partial charge in [0.05, 0.1) is 16.7 Å². The molecule has 0 saturated carbocycles. The second kappa shape index (κ2) is 9.94. The van der Waals surface area contributed by atoms with Gasteiger partial charge in [-0.05, 0) is 67.2 Å². The first-order chi connectivity index (χ1) is 16.8. The van der Waals surface area contributed by atoms with E-state index < -0.39 is 10.0 Å². The van der Waals surface area contributed by atoms with Crippen molar-refractivity contribution in [2.75, 3.05) is 44.2 Å². The highest BCUT2D eigenvalue weighted by Gasteiger charge is 2.28. The minimum absolute atomic E-state index is 0.191. The number of aromatic nitrogens is 2. The highest BCUT2D eigenvalue weighted by molar-refractivity contribution is 7.92. The Morgan fingerprint density at radius 3 is 2.57 bits per heavy atom. The van der Waals surface area contributed by atoms with Gasteiger partial charge in [0, 0.05) is 37.4 Å². The summed E-state index contributed by atoms with van der Waals surface area (Å²) in [5.41, 5.74) is 3.28. The molecule has 8 nitrogen and oxygen atoms in total. The number of imidazole rings is 1. The lowest BCUT2D eigenvalue weighted by Gasteiger charge is -2.36. The molecule has 0 bridgehead atoms. The monoisotopic (exact) mass is 533 g/mol. The number of halogens is 1. The summed E-state index contributed by atoms with van der Waals surface area (Å²) in [7, 11) is -3.72. The number of aryl methyl sites for hydroxylation is 1. The van der Waals surface area contributed by atoms with Crippen LogP contribution < -0.4 is 10.6 Å². The lowest BCUT2D eigenvalue weighted by Crippen LogP contribution is -2.46. The van der Waals surface area contributed by atoms with Crippen molar-refractivity contribution in [3.8, 4) is 0 Å². The molecule has 0 amide bonds. The number of nitrogens with one attached hydrogen (secondary N) is 2. The maximum absolute atomic E-state index is 13.0. The molecule has 0 spiro atoms. The van der Waals surface area contributed by atoms with Gasteiger partial charge in [-0.2, -0.15) is 0 Å². The number of para-hydroxylation sites is 1. The Hall–Kier alpha value is -2.37. The van der Waals surface area contributed by atoms with E-state index in [0.29, 0.717) is 10.6 Å². The first kappa shape index (κ1) is 24.3. The first-order valence-corrected chi connectivity index (χ1v) is 14.3. The maximum Gasteiger partial charge on any atom is 0.323 e. The highest BCUT2D eigenvalue weighted by atomic mass is 35.5. The topological polar surface area (TPSA) is 92.5 Å². The molecule has 1 fully saturated rings. The van der Waals surface area contributed by atoms with Crippen molar-refractivity contribution in [1.29, 1.82) is 0 Å². The Labute approximate surface area is 213 Å². The number of piperazine rings is 1. The van der Waals surface area contributed by atoms with Crippen LogP contribution in [0.4, 0.5) is 5.69 Å². The number of thiophene rings is 1. The fraction of sp³-hybridized carbons (Fsp3) is 0.375. The summed E-state index contributed by atoms with van der Waals surface area (Å²) in [5, 5.41) is 0.958. The van der Waals surface area contributed by atoms with E-state index >= 15 is 0 Å². The summed E-state index contributed by atoms with van der Waals surface area (Å²) >= 11 is 7.54. The van der Waals surface area contributed by atoms with Gasteiger partial charge in [0.25, 0.3) is 10.0 Å². The van der Waals surface area contributed by atoms with E-state index in [0.717, 1.165) is 75.3 Å². The summed E-state index contributed by atoms with van der Waals surface area (Å²) in [5.74, 6) is 0. The third-order valence-corrected chi connectivity index (χ3v) is 10.7. The van der Waals surface area contributed by atoms with E-state index in [1.165, 1.54) is 11.3 Å². The van der Waals surface area contributed by atoms with E-state index in [-0.39, 0.29) is 12.2 Å². The Morgan fingerprint density at radius 1 is 1.03 bits per heavy atom. The lowest BCUT2D eigenvalue weighted by atomic mass is 10.2. The van der Waals surface area contributed by atoms with Gasteiger partial charge in [-0.25, -0.2) is 13.2 Å². The smallest absolute Gasteiger partial charge is 0.323 e. The highest BCUT2D eigenvalue weighted by Crippen LogP contribution is 2.36. The number of anilines is 1. The van der Waals surface area contributed by atoms with Gasteiger partial charge in [0.15, 0.2) is 0 Å². The summed E-state index contributed by atoms with van der Waals surface area (Å²) < 4.78 is 28.3. The van der Waals surface area contributed by atoms with Crippen LogP contribution in [0.25, 0.3) is 21.1 Å². The average molecular weight is 534 g/mol. The van der Waals surface area contributed by atoms with Crippen LogP contribution in [-0.4, -0.2) is 66.4 Å². The molecule has 5 rings (SSSR count). The van der Waals surface area contributed by atoms with Crippen molar-refractivity contribution >= 4 is 59.9 Å². The van der Waals surface area contributed by atoms with Gasteiger partial charge in [0.1, 0.15) is 4.21 Å². The first-order valence-electron chi connectivity index (χ1n) is 11.7.